The lowest BCUT2D eigenvalue weighted by molar-refractivity contribution is 0.102. The van der Waals surface area contributed by atoms with Crippen LogP contribution in [0.3, 0.4) is 0 Å². The van der Waals surface area contributed by atoms with Gasteiger partial charge in [0.25, 0.3) is 5.91 Å². The molecule has 2 heterocycles. The molecule has 0 aliphatic heterocycles. The van der Waals surface area contributed by atoms with E-state index in [9.17, 15) is 9.18 Å². The lowest BCUT2D eigenvalue weighted by Crippen LogP contribution is -2.20. The van der Waals surface area contributed by atoms with Crippen molar-refractivity contribution in [3.63, 3.8) is 0 Å². The highest BCUT2D eigenvalue weighted by Gasteiger charge is 2.26. The van der Waals surface area contributed by atoms with Gasteiger partial charge in [-0.2, -0.15) is 4.39 Å². The highest BCUT2D eigenvalue weighted by atomic mass is 32.1. The first-order valence-electron chi connectivity index (χ1n) is 5.64. The Hall–Kier alpha value is -1.89. The zero-order valence-electron chi connectivity index (χ0n) is 10.8. The van der Waals surface area contributed by atoms with Gasteiger partial charge in [-0.15, -0.1) is 5.10 Å². The van der Waals surface area contributed by atoms with Gasteiger partial charge in [0.15, 0.2) is 0 Å². The number of nitrogens with zero attached hydrogens (tertiary/aromatic N) is 3. The van der Waals surface area contributed by atoms with Crippen LogP contribution >= 0.6 is 11.5 Å². The fourth-order valence-corrected chi connectivity index (χ4v) is 2.25. The van der Waals surface area contributed by atoms with Crippen molar-refractivity contribution in [2.24, 2.45) is 0 Å². The number of hydrogen-bond acceptors (Lipinski definition) is 5. The molecule has 100 valence electrons. The molecule has 0 aliphatic carbocycles. The molecular formula is C12H13FN4OS. The Morgan fingerprint density at radius 1 is 1.37 bits per heavy atom. The smallest absolute Gasteiger partial charge is 0.270 e. The first-order valence-corrected chi connectivity index (χ1v) is 6.42. The number of aromatic nitrogens is 3. The summed E-state index contributed by atoms with van der Waals surface area (Å²) in [6.45, 7) is 5.84. The number of carbonyl (C=O) groups is 1. The monoisotopic (exact) mass is 280 g/mol. The SMILES string of the molecule is CC(C)(C)c1nnsc1C(=O)Nc1cccc(F)n1. The van der Waals surface area contributed by atoms with Gasteiger partial charge in [0, 0.05) is 5.41 Å². The molecule has 0 saturated carbocycles. The Balaban J connectivity index is 2.24. The van der Waals surface area contributed by atoms with Crippen molar-refractivity contribution in [1.29, 1.82) is 0 Å². The Morgan fingerprint density at radius 2 is 2.11 bits per heavy atom. The molecule has 7 heteroatoms. The van der Waals surface area contributed by atoms with Gasteiger partial charge in [0.2, 0.25) is 5.95 Å². The zero-order chi connectivity index (χ0) is 14.0. The Labute approximate surface area is 114 Å². The van der Waals surface area contributed by atoms with Crippen LogP contribution in [0, 0.1) is 5.95 Å². The summed E-state index contributed by atoms with van der Waals surface area (Å²) in [5.41, 5.74) is 0.334. The number of anilines is 1. The van der Waals surface area contributed by atoms with Gasteiger partial charge in [0.05, 0.1) is 5.69 Å². The van der Waals surface area contributed by atoms with Crippen molar-refractivity contribution in [2.75, 3.05) is 5.32 Å². The molecule has 0 bridgehead atoms. The van der Waals surface area contributed by atoms with Crippen molar-refractivity contribution in [2.45, 2.75) is 26.2 Å². The summed E-state index contributed by atoms with van der Waals surface area (Å²) < 4.78 is 16.7. The van der Waals surface area contributed by atoms with Crippen LogP contribution in [-0.2, 0) is 5.41 Å². The second-order valence-electron chi connectivity index (χ2n) is 5.00. The van der Waals surface area contributed by atoms with E-state index >= 15 is 0 Å². The predicted octanol–water partition coefficient (Wildman–Crippen LogP) is 2.62. The third kappa shape index (κ3) is 3.11. The van der Waals surface area contributed by atoms with Crippen LogP contribution in [0.25, 0.3) is 0 Å². The predicted molar refractivity (Wildman–Crippen MR) is 70.8 cm³/mol. The molecule has 0 aliphatic rings. The molecular weight excluding hydrogens is 267 g/mol. The van der Waals surface area contributed by atoms with E-state index in [2.05, 4.69) is 19.9 Å². The number of pyridine rings is 1. The highest BCUT2D eigenvalue weighted by Crippen LogP contribution is 2.26. The molecule has 1 amide bonds. The van der Waals surface area contributed by atoms with E-state index in [-0.39, 0.29) is 17.1 Å². The summed E-state index contributed by atoms with van der Waals surface area (Å²) in [4.78, 5) is 16.1. The van der Waals surface area contributed by atoms with Crippen LogP contribution in [0.4, 0.5) is 10.2 Å². The van der Waals surface area contributed by atoms with Crippen LogP contribution in [0.5, 0.6) is 0 Å². The van der Waals surface area contributed by atoms with E-state index in [1.807, 2.05) is 20.8 Å². The van der Waals surface area contributed by atoms with Crippen LogP contribution in [0.15, 0.2) is 18.2 Å². The van der Waals surface area contributed by atoms with E-state index in [0.717, 1.165) is 11.5 Å². The minimum absolute atomic E-state index is 0.165. The molecule has 0 spiro atoms. The van der Waals surface area contributed by atoms with Gasteiger partial charge in [-0.05, 0) is 23.7 Å². The molecule has 0 unspecified atom stereocenters. The first-order chi connectivity index (χ1) is 8.88. The van der Waals surface area contributed by atoms with E-state index in [0.29, 0.717) is 10.6 Å². The summed E-state index contributed by atoms with van der Waals surface area (Å²) in [5, 5.41) is 6.52. The maximum atomic E-state index is 12.9. The first kappa shape index (κ1) is 13.5. The van der Waals surface area contributed by atoms with Crippen molar-refractivity contribution in [3.05, 3.63) is 34.7 Å². The van der Waals surface area contributed by atoms with Crippen LogP contribution < -0.4 is 5.32 Å². The lowest BCUT2D eigenvalue weighted by atomic mass is 9.91. The quantitative estimate of drug-likeness (QED) is 0.859. The number of hydrogen-bond donors (Lipinski definition) is 1. The standard InChI is InChI=1S/C12H13FN4OS/c1-12(2,3)10-9(19-17-16-10)11(18)15-8-6-4-5-7(13)14-8/h4-6H,1-3H3,(H,14,15,18). The molecule has 0 atom stereocenters. The molecule has 1 N–H and O–H groups in total. The lowest BCUT2D eigenvalue weighted by Gasteiger charge is -2.15. The maximum Gasteiger partial charge on any atom is 0.270 e. The fourth-order valence-electron chi connectivity index (χ4n) is 1.48. The molecule has 2 rings (SSSR count). The maximum absolute atomic E-state index is 12.9. The van der Waals surface area contributed by atoms with Crippen LogP contribution in [0.2, 0.25) is 0 Å². The van der Waals surface area contributed by atoms with Crippen molar-refractivity contribution >= 4 is 23.3 Å². The molecule has 0 saturated heterocycles. The van der Waals surface area contributed by atoms with Gasteiger partial charge >= 0.3 is 0 Å². The normalized spacial score (nSPS) is 11.4. The second-order valence-corrected chi connectivity index (χ2v) is 5.75. The zero-order valence-corrected chi connectivity index (χ0v) is 11.6. The van der Waals surface area contributed by atoms with Crippen molar-refractivity contribution in [1.82, 2.24) is 14.6 Å². The fraction of sp³-hybridized carbons (Fsp3) is 0.333. The minimum atomic E-state index is -0.642. The van der Waals surface area contributed by atoms with Crippen LogP contribution in [-0.4, -0.2) is 20.5 Å². The number of amides is 1. The summed E-state index contributed by atoms with van der Waals surface area (Å²) >= 11 is 1.01. The van der Waals surface area contributed by atoms with Gasteiger partial charge in [0.1, 0.15) is 10.7 Å². The number of nitrogens with one attached hydrogen (secondary N) is 1. The van der Waals surface area contributed by atoms with E-state index in [1.165, 1.54) is 18.2 Å². The van der Waals surface area contributed by atoms with E-state index in [4.69, 9.17) is 0 Å². The molecule has 19 heavy (non-hydrogen) atoms. The average molecular weight is 280 g/mol. The molecule has 0 radical (unpaired) electrons. The van der Waals surface area contributed by atoms with E-state index < -0.39 is 5.95 Å². The third-order valence-corrected chi connectivity index (χ3v) is 3.09. The Kier molecular flexibility index (Phi) is 3.57. The van der Waals surface area contributed by atoms with Gasteiger partial charge < -0.3 is 5.32 Å². The molecule has 2 aromatic heterocycles. The van der Waals surface area contributed by atoms with Gasteiger partial charge in [-0.25, -0.2) is 4.98 Å². The van der Waals surface area contributed by atoms with Crippen molar-refractivity contribution in [3.8, 4) is 0 Å². The number of rotatable bonds is 2. The topological polar surface area (TPSA) is 67.8 Å². The average Bonchev–Trinajstić information content (AvgIpc) is 2.77. The van der Waals surface area contributed by atoms with Crippen molar-refractivity contribution < 1.29 is 9.18 Å². The largest absolute Gasteiger partial charge is 0.306 e. The summed E-state index contributed by atoms with van der Waals surface area (Å²) in [7, 11) is 0. The molecule has 5 nitrogen and oxygen atoms in total. The third-order valence-electron chi connectivity index (χ3n) is 2.36. The highest BCUT2D eigenvalue weighted by molar-refractivity contribution is 7.08. The minimum Gasteiger partial charge on any atom is -0.306 e. The molecule has 0 aromatic carbocycles. The van der Waals surface area contributed by atoms with Gasteiger partial charge in [-0.1, -0.05) is 31.3 Å². The molecule has 0 fully saturated rings. The van der Waals surface area contributed by atoms with Gasteiger partial charge in [-0.3, -0.25) is 4.79 Å². The molecule has 2 aromatic rings. The summed E-state index contributed by atoms with van der Waals surface area (Å²) in [6.07, 6.45) is 0. The number of carbonyl (C=O) groups excluding carboxylic acids is 1. The van der Waals surface area contributed by atoms with E-state index in [1.54, 1.807) is 0 Å². The second kappa shape index (κ2) is 5.00. The summed E-state index contributed by atoms with van der Waals surface area (Å²) in [5.74, 6) is -0.854. The summed E-state index contributed by atoms with van der Waals surface area (Å²) in [6, 6.07) is 4.21. The van der Waals surface area contributed by atoms with Crippen LogP contribution in [0.1, 0.15) is 36.1 Å². The Morgan fingerprint density at radius 3 is 2.74 bits per heavy atom. The Bertz CT molecular complexity index is 606. The number of halogens is 1.